The van der Waals surface area contributed by atoms with Gasteiger partial charge in [-0.25, -0.2) is 0 Å². The van der Waals surface area contributed by atoms with Crippen LogP contribution in [0.3, 0.4) is 0 Å². The molecule has 1 aromatic carbocycles. The minimum atomic E-state index is -4.65. The number of alkyl halides is 3. The zero-order valence-corrected chi connectivity index (χ0v) is 10.5. The molecule has 0 saturated carbocycles. The van der Waals surface area contributed by atoms with E-state index in [0.717, 1.165) is 0 Å². The molecule has 0 aliphatic rings. The lowest BCUT2D eigenvalue weighted by atomic mass is 10.2. The number of aryl methyl sites for hydroxylation is 1. The van der Waals surface area contributed by atoms with Crippen LogP contribution in [0.4, 0.5) is 24.5 Å². The summed E-state index contributed by atoms with van der Waals surface area (Å²) in [5.74, 6) is 0. The molecule has 1 N–H and O–H groups in total. The van der Waals surface area contributed by atoms with Gasteiger partial charge in [0.1, 0.15) is 5.69 Å². The van der Waals surface area contributed by atoms with Gasteiger partial charge in [-0.15, -0.1) is 0 Å². The molecule has 1 aromatic rings. The predicted octanol–water partition coefficient (Wildman–Crippen LogP) is 3.59. The molecule has 0 atom stereocenters. The summed E-state index contributed by atoms with van der Waals surface area (Å²) in [6.07, 6.45) is -4.65. The number of hydrogen-bond donors (Lipinski definition) is 1. The van der Waals surface area contributed by atoms with E-state index in [9.17, 15) is 23.3 Å². The van der Waals surface area contributed by atoms with E-state index in [0.29, 0.717) is 5.56 Å². The van der Waals surface area contributed by atoms with Crippen LogP contribution in [0.2, 0.25) is 0 Å². The number of hydrogen-bond acceptors (Lipinski definition) is 4. The molecule has 9 heteroatoms. The molecule has 18 heavy (non-hydrogen) atoms. The summed E-state index contributed by atoms with van der Waals surface area (Å²) in [5, 5.41) is 13.7. The maximum Gasteiger partial charge on any atom is 0.441 e. The van der Waals surface area contributed by atoms with Crippen molar-refractivity contribution in [3.05, 3.63) is 33.9 Å². The number of anilines is 1. The number of nitro benzene ring substituents is 1. The Kier molecular flexibility index (Phi) is 4.28. The fourth-order valence-corrected chi connectivity index (χ4v) is 1.16. The Balaban J connectivity index is 3.04. The summed E-state index contributed by atoms with van der Waals surface area (Å²) in [6.45, 7) is 1.65. The number of halogens is 4. The highest BCUT2D eigenvalue weighted by molar-refractivity contribution is 9.18. The van der Waals surface area contributed by atoms with Gasteiger partial charge in [0.25, 0.3) is 5.69 Å². The van der Waals surface area contributed by atoms with Crippen molar-refractivity contribution in [3.63, 3.8) is 0 Å². The lowest BCUT2D eigenvalue weighted by Gasteiger charge is -2.06. The first-order chi connectivity index (χ1) is 8.21. The molecule has 0 spiro atoms. The molecule has 0 aliphatic heterocycles. The molecule has 1 rings (SSSR count). The molecule has 98 valence electrons. The van der Waals surface area contributed by atoms with E-state index in [1.165, 1.54) is 18.2 Å². The van der Waals surface area contributed by atoms with Gasteiger partial charge in [-0.2, -0.15) is 18.3 Å². The van der Waals surface area contributed by atoms with E-state index >= 15 is 0 Å². The van der Waals surface area contributed by atoms with Gasteiger partial charge < -0.3 is 0 Å². The van der Waals surface area contributed by atoms with Crippen LogP contribution in [0.5, 0.6) is 0 Å². The van der Waals surface area contributed by atoms with Gasteiger partial charge in [-0.1, -0.05) is 6.07 Å². The molecule has 0 amide bonds. The van der Waals surface area contributed by atoms with Crippen LogP contribution in [-0.4, -0.2) is 15.7 Å². The molecular weight excluding hydrogens is 319 g/mol. The van der Waals surface area contributed by atoms with Crippen LogP contribution in [0, 0.1) is 17.0 Å². The van der Waals surface area contributed by atoms with Crippen LogP contribution in [0.15, 0.2) is 23.3 Å². The monoisotopic (exact) mass is 325 g/mol. The number of nitrogens with zero attached hydrogens (tertiary/aromatic N) is 2. The zero-order chi connectivity index (χ0) is 13.9. The summed E-state index contributed by atoms with van der Waals surface area (Å²) >= 11 is 2.23. The Hall–Kier alpha value is -1.64. The third-order valence-corrected chi connectivity index (χ3v) is 2.48. The summed E-state index contributed by atoms with van der Waals surface area (Å²) in [5.41, 5.74) is 2.21. The average Bonchev–Trinajstić information content (AvgIpc) is 2.24. The molecule has 0 fully saturated rings. The first kappa shape index (κ1) is 14.4. The van der Waals surface area contributed by atoms with Crippen molar-refractivity contribution >= 4 is 31.9 Å². The molecule has 0 aliphatic carbocycles. The molecule has 0 unspecified atom stereocenters. The maximum atomic E-state index is 12.1. The fourth-order valence-electron chi connectivity index (χ4n) is 1.07. The Bertz CT molecular complexity index is 502. The zero-order valence-electron chi connectivity index (χ0n) is 8.95. The van der Waals surface area contributed by atoms with Gasteiger partial charge in [0.15, 0.2) is 0 Å². The number of benzene rings is 1. The SMILES string of the molecule is Cc1ccc([N+](=O)[O-])c(NN=C(Br)C(F)(F)F)c1. The number of hydrazone groups is 1. The topological polar surface area (TPSA) is 67.5 Å². The van der Waals surface area contributed by atoms with E-state index < -0.39 is 15.7 Å². The Morgan fingerprint density at radius 2 is 2.11 bits per heavy atom. The van der Waals surface area contributed by atoms with E-state index in [1.807, 2.05) is 5.43 Å². The van der Waals surface area contributed by atoms with Crippen molar-refractivity contribution in [1.82, 2.24) is 0 Å². The van der Waals surface area contributed by atoms with Crippen LogP contribution < -0.4 is 5.43 Å². The number of rotatable bonds is 3. The average molecular weight is 326 g/mol. The minimum Gasteiger partial charge on any atom is -0.271 e. The van der Waals surface area contributed by atoms with Crippen molar-refractivity contribution in [3.8, 4) is 0 Å². The van der Waals surface area contributed by atoms with Crippen molar-refractivity contribution in [2.24, 2.45) is 5.10 Å². The van der Waals surface area contributed by atoms with E-state index in [-0.39, 0.29) is 11.4 Å². The second-order valence-corrected chi connectivity index (χ2v) is 4.04. The third-order valence-electron chi connectivity index (χ3n) is 1.86. The van der Waals surface area contributed by atoms with E-state index in [2.05, 4.69) is 21.0 Å². The first-order valence-corrected chi connectivity index (χ1v) is 5.32. The molecule has 0 saturated heterocycles. The van der Waals surface area contributed by atoms with Crippen LogP contribution in [0.1, 0.15) is 5.56 Å². The van der Waals surface area contributed by atoms with Crippen LogP contribution >= 0.6 is 15.9 Å². The smallest absolute Gasteiger partial charge is 0.271 e. The second kappa shape index (κ2) is 5.34. The Morgan fingerprint density at radius 1 is 1.50 bits per heavy atom. The highest BCUT2D eigenvalue weighted by atomic mass is 79.9. The molecule has 0 aromatic heterocycles. The van der Waals surface area contributed by atoms with Crippen molar-refractivity contribution in [1.29, 1.82) is 0 Å². The summed E-state index contributed by atoms with van der Waals surface area (Å²) in [7, 11) is 0. The van der Waals surface area contributed by atoms with Gasteiger partial charge >= 0.3 is 6.18 Å². The number of nitro groups is 1. The highest BCUT2D eigenvalue weighted by Crippen LogP contribution is 2.26. The van der Waals surface area contributed by atoms with Crippen molar-refractivity contribution < 1.29 is 18.1 Å². The molecular formula is C9H7BrF3N3O2. The summed E-state index contributed by atoms with van der Waals surface area (Å²) in [6, 6.07) is 4.00. The van der Waals surface area contributed by atoms with Gasteiger partial charge in [0.2, 0.25) is 4.62 Å². The maximum absolute atomic E-state index is 12.1. The largest absolute Gasteiger partial charge is 0.441 e. The van der Waals surface area contributed by atoms with Gasteiger partial charge in [-0.05, 0) is 34.5 Å². The molecule has 0 heterocycles. The van der Waals surface area contributed by atoms with E-state index in [1.54, 1.807) is 6.92 Å². The van der Waals surface area contributed by atoms with Gasteiger partial charge in [-0.3, -0.25) is 15.5 Å². The van der Waals surface area contributed by atoms with Crippen LogP contribution in [-0.2, 0) is 0 Å². The molecule has 5 nitrogen and oxygen atoms in total. The molecule has 0 radical (unpaired) electrons. The van der Waals surface area contributed by atoms with Gasteiger partial charge in [0, 0.05) is 6.07 Å². The highest BCUT2D eigenvalue weighted by Gasteiger charge is 2.34. The van der Waals surface area contributed by atoms with Crippen molar-refractivity contribution in [2.45, 2.75) is 13.1 Å². The van der Waals surface area contributed by atoms with Crippen molar-refractivity contribution in [2.75, 3.05) is 5.43 Å². The Labute approximate surface area is 108 Å². The fraction of sp³-hybridized carbons (Fsp3) is 0.222. The molecule has 0 bridgehead atoms. The standard InChI is InChI=1S/C9H7BrF3N3O2/c1-5-2-3-7(16(17)18)6(4-5)14-15-8(10)9(11,12)13/h2-4,14H,1H3. The summed E-state index contributed by atoms with van der Waals surface area (Å²) in [4.78, 5) is 9.95. The number of nitrogens with one attached hydrogen (secondary N) is 1. The third kappa shape index (κ3) is 3.69. The second-order valence-electron chi connectivity index (χ2n) is 3.29. The lowest BCUT2D eigenvalue weighted by molar-refractivity contribution is -0.384. The van der Waals surface area contributed by atoms with E-state index in [4.69, 9.17) is 0 Å². The minimum absolute atomic E-state index is 0.110. The summed E-state index contributed by atoms with van der Waals surface area (Å²) < 4.78 is 35.1. The predicted molar refractivity (Wildman–Crippen MR) is 63.9 cm³/mol. The first-order valence-electron chi connectivity index (χ1n) is 4.53. The Morgan fingerprint density at radius 3 is 2.61 bits per heavy atom. The quantitative estimate of drug-likeness (QED) is 0.524. The lowest BCUT2D eigenvalue weighted by Crippen LogP contribution is -2.18. The van der Waals surface area contributed by atoms with Gasteiger partial charge in [0.05, 0.1) is 4.92 Å². The van der Waals surface area contributed by atoms with Crippen LogP contribution in [0.25, 0.3) is 0 Å². The normalized spacial score (nSPS) is 12.4.